The topological polar surface area (TPSA) is 48.8 Å². The van der Waals surface area contributed by atoms with Gasteiger partial charge in [-0.15, -0.1) is 0 Å². The van der Waals surface area contributed by atoms with Gasteiger partial charge in [0, 0.05) is 12.3 Å². The summed E-state index contributed by atoms with van der Waals surface area (Å²) in [6.45, 7) is 0.811. The van der Waals surface area contributed by atoms with Crippen LogP contribution in [0.2, 0.25) is 0 Å². The maximum absolute atomic E-state index is 8.71. The molecule has 1 aliphatic heterocycles. The lowest BCUT2D eigenvalue weighted by Gasteiger charge is -2.09. The third-order valence-corrected chi connectivity index (χ3v) is 2.65. The van der Waals surface area contributed by atoms with E-state index in [1.54, 1.807) is 6.07 Å². The lowest BCUT2D eigenvalue weighted by atomic mass is 10.1. The number of aromatic amines is 1. The van der Waals surface area contributed by atoms with Gasteiger partial charge in [0.2, 0.25) is 0 Å². The molecular formula is C10H10N2OS. The fraction of sp³-hybridized carbons (Fsp3) is 0.400. The highest BCUT2D eigenvalue weighted by Gasteiger charge is 2.18. The summed E-state index contributed by atoms with van der Waals surface area (Å²) in [5.74, 6) is 0. The summed E-state index contributed by atoms with van der Waals surface area (Å²) in [7, 11) is 0. The normalized spacial score (nSPS) is 20.6. The zero-order chi connectivity index (χ0) is 9.97. The maximum Gasteiger partial charge on any atom is 0.121 e. The third-order valence-electron chi connectivity index (χ3n) is 2.33. The van der Waals surface area contributed by atoms with E-state index >= 15 is 0 Å². The fourth-order valence-corrected chi connectivity index (χ4v) is 1.82. The van der Waals surface area contributed by atoms with Crippen LogP contribution in [0.25, 0.3) is 0 Å². The molecule has 1 aliphatic rings. The fourth-order valence-electron chi connectivity index (χ4n) is 1.59. The highest BCUT2D eigenvalue weighted by Crippen LogP contribution is 2.26. The smallest absolute Gasteiger partial charge is 0.121 e. The molecule has 0 saturated carbocycles. The zero-order valence-electron chi connectivity index (χ0n) is 7.62. The van der Waals surface area contributed by atoms with E-state index in [1.165, 1.54) is 0 Å². The van der Waals surface area contributed by atoms with Crippen LogP contribution in [0.3, 0.4) is 0 Å². The maximum atomic E-state index is 8.71. The highest BCUT2D eigenvalue weighted by molar-refractivity contribution is 7.71. The molecule has 14 heavy (non-hydrogen) atoms. The molecule has 3 nitrogen and oxygen atoms in total. The van der Waals surface area contributed by atoms with Crippen LogP contribution in [-0.2, 0) is 4.74 Å². The van der Waals surface area contributed by atoms with Gasteiger partial charge in [-0.2, -0.15) is 5.26 Å². The van der Waals surface area contributed by atoms with Crippen LogP contribution in [0, 0.1) is 16.0 Å². The number of pyridine rings is 1. The van der Waals surface area contributed by atoms with Gasteiger partial charge in [-0.3, -0.25) is 0 Å². The SMILES string of the molecule is N#Cc1ccc([C@H]2CCCO2)[nH]c1=S. The Bertz CT molecular complexity index is 426. The second kappa shape index (κ2) is 3.91. The first-order valence-electron chi connectivity index (χ1n) is 4.56. The monoisotopic (exact) mass is 206 g/mol. The minimum Gasteiger partial charge on any atom is -0.372 e. The first-order chi connectivity index (χ1) is 6.81. The average Bonchev–Trinajstić information content (AvgIpc) is 2.70. The number of hydrogen-bond donors (Lipinski definition) is 1. The van der Waals surface area contributed by atoms with Crippen molar-refractivity contribution in [1.82, 2.24) is 4.98 Å². The van der Waals surface area contributed by atoms with E-state index in [-0.39, 0.29) is 6.10 Å². The van der Waals surface area contributed by atoms with Gasteiger partial charge in [0.1, 0.15) is 10.7 Å². The molecule has 4 heteroatoms. The second-order valence-corrected chi connectivity index (χ2v) is 3.68. The van der Waals surface area contributed by atoms with E-state index in [1.807, 2.05) is 12.1 Å². The Balaban J connectivity index is 2.33. The van der Waals surface area contributed by atoms with Gasteiger partial charge in [-0.1, -0.05) is 12.2 Å². The number of ether oxygens (including phenoxy) is 1. The number of aromatic nitrogens is 1. The molecule has 0 aromatic carbocycles. The largest absolute Gasteiger partial charge is 0.372 e. The Kier molecular flexibility index (Phi) is 2.62. The van der Waals surface area contributed by atoms with Crippen molar-refractivity contribution in [2.75, 3.05) is 6.61 Å². The van der Waals surface area contributed by atoms with Crippen LogP contribution < -0.4 is 0 Å². The van der Waals surface area contributed by atoms with Crippen LogP contribution in [0.5, 0.6) is 0 Å². The van der Waals surface area contributed by atoms with Crippen molar-refractivity contribution in [2.45, 2.75) is 18.9 Å². The minimum atomic E-state index is 0.129. The van der Waals surface area contributed by atoms with Crippen molar-refractivity contribution in [3.8, 4) is 6.07 Å². The van der Waals surface area contributed by atoms with Gasteiger partial charge in [-0.05, 0) is 25.0 Å². The molecular weight excluding hydrogens is 196 g/mol. The molecule has 0 spiro atoms. The van der Waals surface area contributed by atoms with E-state index in [4.69, 9.17) is 22.2 Å². The van der Waals surface area contributed by atoms with Gasteiger partial charge in [-0.25, -0.2) is 0 Å². The Morgan fingerprint density at radius 3 is 3.00 bits per heavy atom. The molecule has 1 saturated heterocycles. The van der Waals surface area contributed by atoms with Gasteiger partial charge < -0.3 is 9.72 Å². The molecule has 2 heterocycles. The number of nitrogens with zero attached hydrogens (tertiary/aromatic N) is 1. The Labute approximate surface area is 87.3 Å². The van der Waals surface area contributed by atoms with Crippen molar-refractivity contribution in [3.63, 3.8) is 0 Å². The standard InChI is InChI=1S/C10H10N2OS/c11-6-7-3-4-8(12-10(7)14)9-2-1-5-13-9/h3-4,9H,1-2,5H2,(H,12,14)/t9-/m1/s1. The predicted molar refractivity (Wildman–Crippen MR) is 54.3 cm³/mol. The summed E-state index contributed by atoms with van der Waals surface area (Å²) in [6, 6.07) is 5.66. The van der Waals surface area contributed by atoms with Crippen molar-refractivity contribution >= 4 is 12.2 Å². The average molecular weight is 206 g/mol. The first kappa shape index (κ1) is 9.38. The summed E-state index contributed by atoms with van der Waals surface area (Å²) in [4.78, 5) is 3.04. The summed E-state index contributed by atoms with van der Waals surface area (Å²) in [5, 5.41) is 8.71. The number of hydrogen-bond acceptors (Lipinski definition) is 3. The molecule has 0 bridgehead atoms. The van der Waals surface area contributed by atoms with E-state index in [0.29, 0.717) is 10.2 Å². The molecule has 0 amide bonds. The summed E-state index contributed by atoms with van der Waals surface area (Å²) < 4.78 is 6.01. The number of nitriles is 1. The van der Waals surface area contributed by atoms with Gasteiger partial charge in [0.05, 0.1) is 11.7 Å². The number of rotatable bonds is 1. The predicted octanol–water partition coefficient (Wildman–Crippen LogP) is 2.47. The summed E-state index contributed by atoms with van der Waals surface area (Å²) in [5.41, 5.74) is 1.49. The van der Waals surface area contributed by atoms with Gasteiger partial charge in [0.25, 0.3) is 0 Å². The van der Waals surface area contributed by atoms with Crippen LogP contribution in [0.4, 0.5) is 0 Å². The van der Waals surface area contributed by atoms with E-state index in [0.717, 1.165) is 25.1 Å². The van der Waals surface area contributed by atoms with Crippen LogP contribution >= 0.6 is 12.2 Å². The minimum absolute atomic E-state index is 0.129. The zero-order valence-corrected chi connectivity index (χ0v) is 8.43. The van der Waals surface area contributed by atoms with E-state index in [2.05, 4.69) is 4.98 Å². The number of nitrogens with one attached hydrogen (secondary N) is 1. The summed E-state index contributed by atoms with van der Waals surface area (Å²) in [6.07, 6.45) is 2.24. The molecule has 72 valence electrons. The molecule has 1 aromatic heterocycles. The molecule has 1 N–H and O–H groups in total. The quantitative estimate of drug-likeness (QED) is 0.718. The van der Waals surface area contributed by atoms with Crippen molar-refractivity contribution in [1.29, 1.82) is 5.26 Å². The van der Waals surface area contributed by atoms with Crippen LogP contribution in [0.15, 0.2) is 12.1 Å². The Morgan fingerprint density at radius 2 is 2.43 bits per heavy atom. The molecule has 2 rings (SSSR count). The van der Waals surface area contributed by atoms with Crippen molar-refractivity contribution in [3.05, 3.63) is 28.0 Å². The molecule has 0 aliphatic carbocycles. The second-order valence-electron chi connectivity index (χ2n) is 3.27. The molecule has 1 fully saturated rings. The van der Waals surface area contributed by atoms with Crippen LogP contribution in [-0.4, -0.2) is 11.6 Å². The Morgan fingerprint density at radius 1 is 1.57 bits per heavy atom. The molecule has 0 unspecified atom stereocenters. The lowest BCUT2D eigenvalue weighted by Crippen LogP contribution is -1.99. The van der Waals surface area contributed by atoms with Crippen LogP contribution in [0.1, 0.15) is 30.2 Å². The highest BCUT2D eigenvalue weighted by atomic mass is 32.1. The Hall–Kier alpha value is -1.18. The van der Waals surface area contributed by atoms with E-state index in [9.17, 15) is 0 Å². The lowest BCUT2D eigenvalue weighted by molar-refractivity contribution is 0.108. The summed E-state index contributed by atoms with van der Waals surface area (Å²) >= 11 is 5.04. The molecule has 1 atom stereocenters. The number of H-pyrrole nitrogens is 1. The van der Waals surface area contributed by atoms with Gasteiger partial charge >= 0.3 is 0 Å². The third kappa shape index (κ3) is 1.69. The molecule has 0 radical (unpaired) electrons. The molecule has 1 aromatic rings. The van der Waals surface area contributed by atoms with E-state index < -0.39 is 0 Å². The van der Waals surface area contributed by atoms with Crippen molar-refractivity contribution < 1.29 is 4.74 Å². The van der Waals surface area contributed by atoms with Crippen molar-refractivity contribution in [2.24, 2.45) is 0 Å². The first-order valence-corrected chi connectivity index (χ1v) is 4.97. The van der Waals surface area contributed by atoms with Gasteiger partial charge in [0.15, 0.2) is 0 Å².